The summed E-state index contributed by atoms with van der Waals surface area (Å²) in [5, 5.41) is 3.40. The fourth-order valence-corrected chi connectivity index (χ4v) is 3.35. The smallest absolute Gasteiger partial charge is 0.319 e. The highest BCUT2D eigenvalue weighted by molar-refractivity contribution is 6.30. The minimum Gasteiger partial charge on any atom is -0.319 e. The quantitative estimate of drug-likeness (QED) is 0.721. The Kier molecular flexibility index (Phi) is 3.73. The Hall–Kier alpha value is -2.86. The molecule has 1 atom stereocenters. The van der Waals surface area contributed by atoms with Crippen molar-refractivity contribution in [3.8, 4) is 0 Å². The van der Waals surface area contributed by atoms with Crippen molar-refractivity contribution in [3.05, 3.63) is 70.6 Å². The second-order valence-electron chi connectivity index (χ2n) is 6.66. The van der Waals surface area contributed by atoms with Gasteiger partial charge in [-0.3, -0.25) is 9.69 Å². The summed E-state index contributed by atoms with van der Waals surface area (Å²) in [4.78, 5) is 31.1. The van der Waals surface area contributed by atoms with Crippen LogP contribution in [0.25, 0.3) is 5.65 Å². The minimum absolute atomic E-state index is 0.103. The molecule has 132 valence electrons. The van der Waals surface area contributed by atoms with Crippen LogP contribution >= 0.6 is 11.6 Å². The lowest BCUT2D eigenvalue weighted by molar-refractivity contribution is -0.131. The topological polar surface area (TPSA) is 66.7 Å². The fraction of sp³-hybridized carbons (Fsp3) is 0.211. The van der Waals surface area contributed by atoms with E-state index >= 15 is 0 Å². The van der Waals surface area contributed by atoms with Gasteiger partial charge in [-0.1, -0.05) is 41.4 Å². The number of aryl methyl sites for hydroxylation is 1. The SMILES string of the molecule is Cc1ccc([C@@]2(C)NC(=O)N(Cc3cn4cc(Cl)ccc4n3)C2=O)cc1. The number of imidazole rings is 1. The van der Waals surface area contributed by atoms with Crippen LogP contribution in [-0.4, -0.2) is 26.2 Å². The average Bonchev–Trinajstić information content (AvgIpc) is 3.09. The van der Waals surface area contributed by atoms with E-state index < -0.39 is 11.6 Å². The molecule has 0 unspecified atom stereocenters. The van der Waals surface area contributed by atoms with Gasteiger partial charge in [0.05, 0.1) is 17.3 Å². The summed E-state index contributed by atoms with van der Waals surface area (Å²) in [6.07, 6.45) is 3.50. The summed E-state index contributed by atoms with van der Waals surface area (Å²) in [6.45, 7) is 3.80. The van der Waals surface area contributed by atoms with Crippen LogP contribution in [0.1, 0.15) is 23.7 Å². The van der Waals surface area contributed by atoms with Crippen LogP contribution in [0, 0.1) is 6.92 Å². The van der Waals surface area contributed by atoms with Gasteiger partial charge in [0.15, 0.2) is 0 Å². The maximum absolute atomic E-state index is 13.0. The van der Waals surface area contributed by atoms with E-state index in [4.69, 9.17) is 11.6 Å². The highest BCUT2D eigenvalue weighted by atomic mass is 35.5. The summed E-state index contributed by atoms with van der Waals surface area (Å²) < 4.78 is 1.77. The van der Waals surface area contributed by atoms with Crippen LogP contribution in [0.2, 0.25) is 5.02 Å². The number of benzene rings is 1. The predicted octanol–water partition coefficient (Wildman–Crippen LogP) is 3.26. The lowest BCUT2D eigenvalue weighted by Crippen LogP contribution is -2.40. The van der Waals surface area contributed by atoms with E-state index in [9.17, 15) is 9.59 Å². The number of nitrogens with zero attached hydrogens (tertiary/aromatic N) is 3. The normalized spacial score (nSPS) is 20.0. The van der Waals surface area contributed by atoms with E-state index in [1.165, 1.54) is 4.90 Å². The molecular formula is C19H17ClN4O2. The fourth-order valence-electron chi connectivity index (χ4n) is 3.18. The van der Waals surface area contributed by atoms with Gasteiger partial charge in [-0.25, -0.2) is 9.78 Å². The molecule has 0 saturated carbocycles. The Labute approximate surface area is 155 Å². The molecule has 1 aromatic carbocycles. The number of pyridine rings is 1. The largest absolute Gasteiger partial charge is 0.325 e. The maximum Gasteiger partial charge on any atom is 0.325 e. The third-order valence-corrected chi connectivity index (χ3v) is 4.91. The Balaban J connectivity index is 1.63. The van der Waals surface area contributed by atoms with Crippen molar-refractivity contribution in [3.63, 3.8) is 0 Å². The van der Waals surface area contributed by atoms with E-state index in [2.05, 4.69) is 10.3 Å². The zero-order valence-electron chi connectivity index (χ0n) is 14.4. The third kappa shape index (κ3) is 2.63. The van der Waals surface area contributed by atoms with Crippen molar-refractivity contribution < 1.29 is 9.59 Å². The predicted molar refractivity (Wildman–Crippen MR) is 97.8 cm³/mol. The van der Waals surface area contributed by atoms with Gasteiger partial charge in [0.25, 0.3) is 5.91 Å². The van der Waals surface area contributed by atoms with E-state index in [1.807, 2.05) is 31.2 Å². The number of nitrogens with one attached hydrogen (secondary N) is 1. The van der Waals surface area contributed by atoms with Crippen molar-refractivity contribution in [1.29, 1.82) is 0 Å². The summed E-state index contributed by atoms with van der Waals surface area (Å²) in [5.74, 6) is -0.290. The number of hydrogen-bond donors (Lipinski definition) is 1. The number of halogens is 1. The number of fused-ring (bicyclic) bond motifs is 1. The van der Waals surface area contributed by atoms with Gasteiger partial charge in [0.1, 0.15) is 11.2 Å². The first kappa shape index (κ1) is 16.6. The standard InChI is InChI=1S/C19H17ClN4O2/c1-12-3-5-13(6-4-12)19(2)17(25)24(18(26)22-19)11-15-10-23-9-14(20)7-8-16(23)21-15/h3-10H,11H2,1-2H3,(H,22,26)/t19-/m1/s1. The van der Waals surface area contributed by atoms with E-state index in [-0.39, 0.29) is 12.5 Å². The average molecular weight is 369 g/mol. The number of carbonyl (C=O) groups is 2. The number of rotatable bonds is 3. The molecule has 6 nitrogen and oxygen atoms in total. The molecular weight excluding hydrogens is 352 g/mol. The molecule has 4 rings (SSSR count). The van der Waals surface area contributed by atoms with Crippen molar-refractivity contribution >= 4 is 29.2 Å². The lowest BCUT2D eigenvalue weighted by atomic mass is 9.91. The van der Waals surface area contributed by atoms with Crippen molar-refractivity contribution in [2.45, 2.75) is 25.9 Å². The van der Waals surface area contributed by atoms with Crippen molar-refractivity contribution in [2.75, 3.05) is 0 Å². The lowest BCUT2D eigenvalue weighted by Gasteiger charge is -2.22. The van der Waals surface area contributed by atoms with Crippen LogP contribution in [0.3, 0.4) is 0 Å². The molecule has 0 radical (unpaired) electrons. The molecule has 7 heteroatoms. The molecule has 3 aromatic rings. The highest BCUT2D eigenvalue weighted by Crippen LogP contribution is 2.30. The molecule has 2 aromatic heterocycles. The summed E-state index contributed by atoms with van der Waals surface area (Å²) >= 11 is 5.98. The van der Waals surface area contributed by atoms with Gasteiger partial charge in [-0.05, 0) is 31.5 Å². The van der Waals surface area contributed by atoms with Gasteiger partial charge >= 0.3 is 6.03 Å². The van der Waals surface area contributed by atoms with Gasteiger partial charge in [-0.15, -0.1) is 0 Å². The van der Waals surface area contributed by atoms with E-state index in [1.54, 1.807) is 35.9 Å². The van der Waals surface area contributed by atoms with Gasteiger partial charge in [0.2, 0.25) is 0 Å². The summed E-state index contributed by atoms with van der Waals surface area (Å²) in [7, 11) is 0. The summed E-state index contributed by atoms with van der Waals surface area (Å²) in [6, 6.07) is 10.7. The Morgan fingerprint density at radius 2 is 1.85 bits per heavy atom. The number of urea groups is 1. The first-order valence-corrected chi connectivity index (χ1v) is 8.59. The molecule has 1 saturated heterocycles. The van der Waals surface area contributed by atoms with Crippen molar-refractivity contribution in [2.24, 2.45) is 0 Å². The minimum atomic E-state index is -1.08. The maximum atomic E-state index is 13.0. The molecule has 1 fully saturated rings. The molecule has 3 heterocycles. The molecule has 0 spiro atoms. The van der Waals surface area contributed by atoms with Gasteiger partial charge in [0, 0.05) is 12.4 Å². The monoisotopic (exact) mass is 368 g/mol. The number of imide groups is 1. The van der Waals surface area contributed by atoms with Crippen LogP contribution in [0.4, 0.5) is 4.79 Å². The Morgan fingerprint density at radius 1 is 1.12 bits per heavy atom. The zero-order chi connectivity index (χ0) is 18.5. The molecule has 0 aliphatic carbocycles. The van der Waals surface area contributed by atoms with Crippen LogP contribution < -0.4 is 5.32 Å². The summed E-state index contributed by atoms with van der Waals surface area (Å²) in [5.41, 5.74) is 2.09. The molecule has 1 N–H and O–H groups in total. The Bertz CT molecular complexity index is 1030. The number of amides is 3. The highest BCUT2D eigenvalue weighted by Gasteiger charge is 2.49. The molecule has 0 bridgehead atoms. The third-order valence-electron chi connectivity index (χ3n) is 4.69. The van der Waals surface area contributed by atoms with Gasteiger partial charge in [-0.2, -0.15) is 0 Å². The number of aromatic nitrogens is 2. The zero-order valence-corrected chi connectivity index (χ0v) is 15.1. The van der Waals surface area contributed by atoms with Gasteiger partial charge < -0.3 is 9.72 Å². The molecule has 26 heavy (non-hydrogen) atoms. The van der Waals surface area contributed by atoms with E-state index in [0.29, 0.717) is 16.4 Å². The van der Waals surface area contributed by atoms with Crippen LogP contribution in [0.15, 0.2) is 48.8 Å². The second-order valence-corrected chi connectivity index (χ2v) is 7.09. The first-order valence-electron chi connectivity index (χ1n) is 8.21. The van der Waals surface area contributed by atoms with Crippen LogP contribution in [-0.2, 0) is 16.9 Å². The Morgan fingerprint density at radius 3 is 2.58 bits per heavy atom. The van der Waals surface area contributed by atoms with Crippen LogP contribution in [0.5, 0.6) is 0 Å². The first-order chi connectivity index (χ1) is 12.4. The van der Waals surface area contributed by atoms with E-state index in [0.717, 1.165) is 11.1 Å². The number of hydrogen-bond acceptors (Lipinski definition) is 3. The van der Waals surface area contributed by atoms with Crippen molar-refractivity contribution in [1.82, 2.24) is 19.6 Å². The molecule has 1 aliphatic rings. The molecule has 3 amide bonds. The number of carbonyl (C=O) groups excluding carboxylic acids is 2. The second kappa shape index (κ2) is 5.85. The molecule has 1 aliphatic heterocycles.